The molecule has 96 valence electrons. The summed E-state index contributed by atoms with van der Waals surface area (Å²) in [6.07, 6.45) is 0. The fourth-order valence-corrected chi connectivity index (χ4v) is 4.04. The van der Waals surface area contributed by atoms with Crippen molar-refractivity contribution in [1.29, 1.82) is 0 Å². The van der Waals surface area contributed by atoms with Gasteiger partial charge in [-0.25, -0.2) is 8.42 Å². The van der Waals surface area contributed by atoms with Crippen LogP contribution in [0.15, 0.2) is 53.9 Å². The van der Waals surface area contributed by atoms with Crippen molar-refractivity contribution in [2.45, 2.75) is 12.7 Å². The Labute approximate surface area is 113 Å². The molecule has 0 amide bonds. The molecule has 19 heavy (non-hydrogen) atoms. The van der Waals surface area contributed by atoms with Crippen LogP contribution in [0.2, 0.25) is 0 Å². The zero-order chi connectivity index (χ0) is 13.5. The number of sulfone groups is 1. The fourth-order valence-electron chi connectivity index (χ4n) is 2.58. The molecule has 2 nitrogen and oxygen atoms in total. The zero-order valence-electron chi connectivity index (χ0n) is 10.6. The predicted octanol–water partition coefficient (Wildman–Crippen LogP) is 3.64. The molecule has 1 aliphatic rings. The van der Waals surface area contributed by atoms with E-state index in [4.69, 9.17) is 0 Å². The third kappa shape index (κ3) is 2.22. The monoisotopic (exact) mass is 270 g/mol. The standard InChI is InChI=1S/C16H14O2S/c1-12-10-19(17,18)11-16-14(12)8-5-9-15(16)13-6-3-2-4-7-13/h2-10H,11H2,1H3. The van der Waals surface area contributed by atoms with Gasteiger partial charge in [-0.1, -0.05) is 48.5 Å². The molecule has 3 heteroatoms. The molecule has 0 bridgehead atoms. The van der Waals surface area contributed by atoms with Crippen molar-refractivity contribution in [1.82, 2.24) is 0 Å². The Hall–Kier alpha value is -1.87. The number of rotatable bonds is 1. The number of allylic oxidation sites excluding steroid dienone is 1. The summed E-state index contributed by atoms with van der Waals surface area (Å²) < 4.78 is 23.9. The summed E-state index contributed by atoms with van der Waals surface area (Å²) >= 11 is 0. The summed E-state index contributed by atoms with van der Waals surface area (Å²) in [5.74, 6) is 0.0880. The summed E-state index contributed by atoms with van der Waals surface area (Å²) in [4.78, 5) is 0. The zero-order valence-corrected chi connectivity index (χ0v) is 11.4. The van der Waals surface area contributed by atoms with Gasteiger partial charge in [0.15, 0.2) is 9.84 Å². The van der Waals surface area contributed by atoms with Crippen molar-refractivity contribution in [3.63, 3.8) is 0 Å². The first-order valence-electron chi connectivity index (χ1n) is 6.15. The second-order valence-corrected chi connectivity index (χ2v) is 6.66. The van der Waals surface area contributed by atoms with Crippen molar-refractivity contribution in [2.75, 3.05) is 0 Å². The van der Waals surface area contributed by atoms with Crippen molar-refractivity contribution in [2.24, 2.45) is 0 Å². The molecule has 0 unspecified atom stereocenters. The quantitative estimate of drug-likeness (QED) is 0.792. The normalized spacial score (nSPS) is 16.6. The first kappa shape index (κ1) is 12.2. The summed E-state index contributed by atoms with van der Waals surface area (Å²) in [5.41, 5.74) is 4.84. The molecule has 0 spiro atoms. The summed E-state index contributed by atoms with van der Waals surface area (Å²) in [5, 5.41) is 1.38. The molecule has 0 saturated carbocycles. The molecule has 0 saturated heterocycles. The first-order valence-corrected chi connectivity index (χ1v) is 7.87. The molecule has 0 fully saturated rings. The molecule has 0 atom stereocenters. The molecule has 0 N–H and O–H groups in total. The minimum atomic E-state index is -3.14. The van der Waals surface area contributed by atoms with Gasteiger partial charge in [-0.3, -0.25) is 0 Å². The number of fused-ring (bicyclic) bond motifs is 1. The molecule has 1 aliphatic heterocycles. The van der Waals surface area contributed by atoms with E-state index in [9.17, 15) is 8.42 Å². The van der Waals surface area contributed by atoms with Gasteiger partial charge in [-0.2, -0.15) is 0 Å². The molecule has 0 aromatic heterocycles. The highest BCUT2D eigenvalue weighted by Crippen LogP contribution is 2.35. The molecular weight excluding hydrogens is 256 g/mol. The minimum absolute atomic E-state index is 0.0880. The van der Waals surface area contributed by atoms with Crippen LogP contribution in [0.1, 0.15) is 18.1 Å². The smallest absolute Gasteiger partial charge is 0.176 e. The topological polar surface area (TPSA) is 34.1 Å². The van der Waals surface area contributed by atoms with Gasteiger partial charge in [0.2, 0.25) is 0 Å². The molecule has 2 aromatic carbocycles. The Morgan fingerprint density at radius 2 is 1.58 bits per heavy atom. The number of hydrogen-bond acceptors (Lipinski definition) is 2. The van der Waals surface area contributed by atoms with E-state index in [2.05, 4.69) is 0 Å². The maximum absolute atomic E-state index is 11.9. The van der Waals surface area contributed by atoms with Crippen molar-refractivity contribution >= 4 is 15.4 Å². The molecule has 2 aromatic rings. The number of benzene rings is 2. The lowest BCUT2D eigenvalue weighted by molar-refractivity contribution is 0.603. The SMILES string of the molecule is CC1=CS(=O)(=O)Cc2c1cccc2-c1ccccc1. The Bertz CT molecular complexity index is 757. The first-order chi connectivity index (χ1) is 9.07. The maximum Gasteiger partial charge on any atom is 0.176 e. The third-order valence-electron chi connectivity index (χ3n) is 3.39. The maximum atomic E-state index is 11.9. The lowest BCUT2D eigenvalue weighted by Crippen LogP contribution is -2.10. The summed E-state index contributed by atoms with van der Waals surface area (Å²) in [6, 6.07) is 15.9. The van der Waals surface area contributed by atoms with Crippen LogP contribution in [-0.2, 0) is 15.6 Å². The Balaban J connectivity index is 2.27. The van der Waals surface area contributed by atoms with Gasteiger partial charge < -0.3 is 0 Å². The Morgan fingerprint density at radius 1 is 0.895 bits per heavy atom. The predicted molar refractivity (Wildman–Crippen MR) is 78.2 cm³/mol. The van der Waals surface area contributed by atoms with Crippen LogP contribution in [0.5, 0.6) is 0 Å². The van der Waals surface area contributed by atoms with E-state index in [1.54, 1.807) is 0 Å². The van der Waals surface area contributed by atoms with Gasteiger partial charge in [0, 0.05) is 5.41 Å². The highest BCUT2D eigenvalue weighted by Gasteiger charge is 2.22. The van der Waals surface area contributed by atoms with Crippen LogP contribution in [0, 0.1) is 0 Å². The largest absolute Gasteiger partial charge is 0.224 e. The highest BCUT2D eigenvalue weighted by atomic mass is 32.2. The molecule has 3 rings (SSSR count). The molecule has 0 aliphatic carbocycles. The van der Waals surface area contributed by atoms with Gasteiger partial charge in [-0.15, -0.1) is 0 Å². The van der Waals surface area contributed by atoms with Crippen molar-refractivity contribution < 1.29 is 8.42 Å². The van der Waals surface area contributed by atoms with Crippen LogP contribution in [0.3, 0.4) is 0 Å². The van der Waals surface area contributed by atoms with E-state index in [1.165, 1.54) is 5.41 Å². The van der Waals surface area contributed by atoms with E-state index in [1.807, 2.05) is 55.5 Å². The average molecular weight is 270 g/mol. The van der Waals surface area contributed by atoms with Crippen LogP contribution in [0.25, 0.3) is 16.7 Å². The average Bonchev–Trinajstić information content (AvgIpc) is 2.38. The van der Waals surface area contributed by atoms with Gasteiger partial charge in [-0.05, 0) is 34.8 Å². The highest BCUT2D eigenvalue weighted by molar-refractivity contribution is 7.93. The lowest BCUT2D eigenvalue weighted by atomic mass is 9.93. The van der Waals surface area contributed by atoms with Crippen molar-refractivity contribution in [3.8, 4) is 11.1 Å². The summed E-state index contributed by atoms with van der Waals surface area (Å²) in [6.45, 7) is 1.85. The van der Waals surface area contributed by atoms with Gasteiger partial charge in [0.05, 0.1) is 5.75 Å². The lowest BCUT2D eigenvalue weighted by Gasteiger charge is -2.19. The van der Waals surface area contributed by atoms with E-state index < -0.39 is 9.84 Å². The molecule has 1 heterocycles. The van der Waals surface area contributed by atoms with Gasteiger partial charge >= 0.3 is 0 Å². The second-order valence-electron chi connectivity index (χ2n) is 4.81. The van der Waals surface area contributed by atoms with E-state index in [0.717, 1.165) is 27.8 Å². The van der Waals surface area contributed by atoms with Crippen molar-refractivity contribution in [3.05, 3.63) is 65.1 Å². The second kappa shape index (κ2) is 4.35. The van der Waals surface area contributed by atoms with Gasteiger partial charge in [0.25, 0.3) is 0 Å². The van der Waals surface area contributed by atoms with Crippen LogP contribution in [-0.4, -0.2) is 8.42 Å². The van der Waals surface area contributed by atoms with Crippen LogP contribution in [0.4, 0.5) is 0 Å². The van der Waals surface area contributed by atoms with E-state index in [0.29, 0.717) is 0 Å². The van der Waals surface area contributed by atoms with E-state index in [-0.39, 0.29) is 5.75 Å². The Kier molecular flexibility index (Phi) is 2.79. The third-order valence-corrected chi connectivity index (χ3v) is 4.79. The number of hydrogen-bond donors (Lipinski definition) is 0. The van der Waals surface area contributed by atoms with Crippen LogP contribution >= 0.6 is 0 Å². The minimum Gasteiger partial charge on any atom is -0.224 e. The van der Waals surface area contributed by atoms with E-state index >= 15 is 0 Å². The fraction of sp³-hybridized carbons (Fsp3) is 0.125. The molecular formula is C16H14O2S. The Morgan fingerprint density at radius 3 is 2.32 bits per heavy atom. The van der Waals surface area contributed by atoms with Gasteiger partial charge in [0.1, 0.15) is 0 Å². The summed E-state index contributed by atoms with van der Waals surface area (Å²) in [7, 11) is -3.14. The molecule has 0 radical (unpaired) electrons. The van der Waals surface area contributed by atoms with Crippen LogP contribution < -0.4 is 0 Å².